The number of amides is 1. The SMILES string of the molecule is Cc1nn(C)c(C)c1OCC(=O)N1CC[C@H](c2nc(C3CC3)no2)C1. The van der Waals surface area contributed by atoms with E-state index < -0.39 is 0 Å². The van der Waals surface area contributed by atoms with Gasteiger partial charge < -0.3 is 14.2 Å². The molecule has 2 aromatic heterocycles. The fraction of sp³-hybridized carbons (Fsp3) is 0.647. The van der Waals surface area contributed by atoms with E-state index in [-0.39, 0.29) is 18.4 Å². The van der Waals surface area contributed by atoms with Gasteiger partial charge in [-0.2, -0.15) is 10.1 Å². The summed E-state index contributed by atoms with van der Waals surface area (Å²) >= 11 is 0. The molecule has 2 fully saturated rings. The lowest BCUT2D eigenvalue weighted by atomic mass is 10.1. The van der Waals surface area contributed by atoms with Gasteiger partial charge in [-0.25, -0.2) is 0 Å². The normalized spacial score (nSPS) is 20.3. The monoisotopic (exact) mass is 345 g/mol. The van der Waals surface area contributed by atoms with Crippen molar-refractivity contribution in [2.45, 2.75) is 44.9 Å². The van der Waals surface area contributed by atoms with Crippen molar-refractivity contribution < 1.29 is 14.1 Å². The van der Waals surface area contributed by atoms with E-state index in [9.17, 15) is 4.79 Å². The van der Waals surface area contributed by atoms with E-state index in [1.807, 2.05) is 25.8 Å². The first-order chi connectivity index (χ1) is 12.0. The summed E-state index contributed by atoms with van der Waals surface area (Å²) in [5.74, 6) is 2.77. The third-order valence-corrected chi connectivity index (χ3v) is 5.07. The Balaban J connectivity index is 1.33. The van der Waals surface area contributed by atoms with Crippen LogP contribution in [0.1, 0.15) is 54.2 Å². The molecule has 1 saturated carbocycles. The van der Waals surface area contributed by atoms with Crippen LogP contribution in [0.4, 0.5) is 0 Å². The summed E-state index contributed by atoms with van der Waals surface area (Å²) in [5.41, 5.74) is 1.72. The number of hydrogen-bond donors (Lipinski definition) is 0. The van der Waals surface area contributed by atoms with Crippen LogP contribution in [0.25, 0.3) is 0 Å². The van der Waals surface area contributed by atoms with Crippen molar-refractivity contribution in [3.8, 4) is 5.75 Å². The van der Waals surface area contributed by atoms with Gasteiger partial charge in [0.2, 0.25) is 5.89 Å². The molecule has 25 heavy (non-hydrogen) atoms. The number of likely N-dealkylation sites (tertiary alicyclic amines) is 1. The zero-order valence-corrected chi connectivity index (χ0v) is 14.9. The second kappa shape index (κ2) is 6.16. The Labute approximate surface area is 146 Å². The highest BCUT2D eigenvalue weighted by Crippen LogP contribution is 2.39. The van der Waals surface area contributed by atoms with Gasteiger partial charge in [-0.05, 0) is 33.1 Å². The van der Waals surface area contributed by atoms with Gasteiger partial charge in [0.1, 0.15) is 5.69 Å². The standard InChI is InChI=1S/C17H23N5O3/c1-10-15(11(2)21(3)19-10)24-9-14(23)22-7-6-13(8-22)17-18-16(20-25-17)12-4-5-12/h12-13H,4-9H2,1-3H3/t13-/m0/s1. The van der Waals surface area contributed by atoms with Gasteiger partial charge in [0.25, 0.3) is 5.91 Å². The van der Waals surface area contributed by atoms with E-state index in [0.717, 1.165) is 36.5 Å². The van der Waals surface area contributed by atoms with Crippen LogP contribution in [0.2, 0.25) is 0 Å². The minimum Gasteiger partial charge on any atom is -0.480 e. The zero-order chi connectivity index (χ0) is 17.6. The summed E-state index contributed by atoms with van der Waals surface area (Å²) < 4.78 is 12.9. The molecular formula is C17H23N5O3. The summed E-state index contributed by atoms with van der Waals surface area (Å²) in [6.07, 6.45) is 3.15. The number of ether oxygens (including phenoxy) is 1. The molecule has 2 aliphatic rings. The number of aromatic nitrogens is 4. The Kier molecular flexibility index (Phi) is 3.97. The van der Waals surface area contributed by atoms with Crippen LogP contribution in [0, 0.1) is 13.8 Å². The number of hydrogen-bond acceptors (Lipinski definition) is 6. The minimum atomic E-state index is -0.0212. The Morgan fingerprint density at radius 3 is 2.76 bits per heavy atom. The molecule has 0 spiro atoms. The summed E-state index contributed by atoms with van der Waals surface area (Å²) in [6.45, 7) is 5.14. The van der Waals surface area contributed by atoms with Crippen molar-refractivity contribution in [1.82, 2.24) is 24.8 Å². The maximum absolute atomic E-state index is 12.5. The second-order valence-corrected chi connectivity index (χ2v) is 7.00. The molecule has 8 nitrogen and oxygen atoms in total. The lowest BCUT2D eigenvalue weighted by molar-refractivity contribution is -0.132. The third-order valence-electron chi connectivity index (χ3n) is 5.07. The molecular weight excluding hydrogens is 322 g/mol. The highest BCUT2D eigenvalue weighted by atomic mass is 16.5. The van der Waals surface area contributed by atoms with Crippen LogP contribution < -0.4 is 4.74 Å². The minimum absolute atomic E-state index is 0.0212. The van der Waals surface area contributed by atoms with Crippen LogP contribution in [0.15, 0.2) is 4.52 Å². The first-order valence-electron chi connectivity index (χ1n) is 8.77. The number of carbonyl (C=O) groups is 1. The van der Waals surface area contributed by atoms with E-state index in [4.69, 9.17) is 9.26 Å². The van der Waals surface area contributed by atoms with Crippen LogP contribution in [0.3, 0.4) is 0 Å². The van der Waals surface area contributed by atoms with E-state index in [1.165, 1.54) is 0 Å². The molecule has 1 aliphatic carbocycles. The molecule has 0 N–H and O–H groups in total. The van der Waals surface area contributed by atoms with Crippen LogP contribution in [0.5, 0.6) is 5.75 Å². The molecule has 134 valence electrons. The Morgan fingerprint density at radius 2 is 2.08 bits per heavy atom. The average Bonchev–Trinajstić information content (AvgIpc) is 3.04. The maximum atomic E-state index is 12.5. The molecule has 3 heterocycles. The highest BCUT2D eigenvalue weighted by Gasteiger charge is 2.34. The van der Waals surface area contributed by atoms with Crippen molar-refractivity contribution in [3.05, 3.63) is 23.1 Å². The molecule has 1 aliphatic heterocycles. The quantitative estimate of drug-likeness (QED) is 0.820. The predicted octanol–water partition coefficient (Wildman–Crippen LogP) is 1.69. The summed E-state index contributed by atoms with van der Waals surface area (Å²) in [7, 11) is 1.86. The zero-order valence-electron chi connectivity index (χ0n) is 14.9. The molecule has 1 atom stereocenters. The number of carbonyl (C=O) groups excluding carboxylic acids is 1. The number of rotatable bonds is 5. The predicted molar refractivity (Wildman–Crippen MR) is 88.4 cm³/mol. The lowest BCUT2D eigenvalue weighted by Gasteiger charge is -2.16. The van der Waals surface area contributed by atoms with E-state index in [0.29, 0.717) is 30.6 Å². The van der Waals surface area contributed by atoms with Crippen molar-refractivity contribution in [2.75, 3.05) is 19.7 Å². The van der Waals surface area contributed by atoms with E-state index in [2.05, 4.69) is 15.2 Å². The lowest BCUT2D eigenvalue weighted by Crippen LogP contribution is -2.33. The average molecular weight is 345 g/mol. The second-order valence-electron chi connectivity index (χ2n) is 7.00. The fourth-order valence-electron chi connectivity index (χ4n) is 3.30. The van der Waals surface area contributed by atoms with Crippen molar-refractivity contribution >= 4 is 5.91 Å². The van der Waals surface area contributed by atoms with Gasteiger partial charge >= 0.3 is 0 Å². The van der Waals surface area contributed by atoms with E-state index >= 15 is 0 Å². The molecule has 0 bridgehead atoms. The van der Waals surface area contributed by atoms with Gasteiger partial charge in [-0.15, -0.1) is 0 Å². The molecule has 1 saturated heterocycles. The van der Waals surface area contributed by atoms with Gasteiger partial charge in [0.15, 0.2) is 18.2 Å². The topological polar surface area (TPSA) is 86.3 Å². The molecule has 0 unspecified atom stereocenters. The van der Waals surface area contributed by atoms with Gasteiger partial charge in [-0.3, -0.25) is 9.48 Å². The van der Waals surface area contributed by atoms with Crippen molar-refractivity contribution in [1.29, 1.82) is 0 Å². The summed E-state index contributed by atoms with van der Waals surface area (Å²) in [4.78, 5) is 18.8. The van der Waals surface area contributed by atoms with Crippen LogP contribution in [-0.4, -0.2) is 50.4 Å². The van der Waals surface area contributed by atoms with E-state index in [1.54, 1.807) is 4.68 Å². The van der Waals surface area contributed by atoms with Crippen LogP contribution >= 0.6 is 0 Å². The molecule has 4 rings (SSSR count). The van der Waals surface area contributed by atoms with Crippen LogP contribution in [-0.2, 0) is 11.8 Å². The summed E-state index contributed by atoms with van der Waals surface area (Å²) in [5, 5.41) is 8.37. The Hall–Kier alpha value is -2.38. The van der Waals surface area contributed by atoms with Crippen molar-refractivity contribution in [2.24, 2.45) is 7.05 Å². The highest BCUT2D eigenvalue weighted by molar-refractivity contribution is 5.78. The number of aryl methyl sites for hydroxylation is 2. The first-order valence-corrected chi connectivity index (χ1v) is 8.77. The third kappa shape index (κ3) is 3.12. The van der Waals surface area contributed by atoms with Gasteiger partial charge in [0.05, 0.1) is 11.6 Å². The Bertz CT molecular complexity index is 792. The molecule has 0 radical (unpaired) electrons. The Morgan fingerprint density at radius 1 is 1.28 bits per heavy atom. The molecule has 2 aromatic rings. The van der Waals surface area contributed by atoms with Gasteiger partial charge in [-0.1, -0.05) is 5.16 Å². The molecule has 1 amide bonds. The van der Waals surface area contributed by atoms with Crippen molar-refractivity contribution in [3.63, 3.8) is 0 Å². The molecule has 8 heteroatoms. The largest absolute Gasteiger partial charge is 0.480 e. The van der Waals surface area contributed by atoms with Gasteiger partial charge in [0, 0.05) is 26.1 Å². The first kappa shape index (κ1) is 16.1. The number of nitrogens with zero attached hydrogens (tertiary/aromatic N) is 5. The fourth-order valence-corrected chi connectivity index (χ4v) is 3.30. The molecule has 0 aromatic carbocycles. The smallest absolute Gasteiger partial charge is 0.260 e. The summed E-state index contributed by atoms with van der Waals surface area (Å²) in [6, 6.07) is 0. The maximum Gasteiger partial charge on any atom is 0.260 e.